The quantitative estimate of drug-likeness (QED) is 0.155. The number of amides is 4. The molecule has 0 bridgehead atoms. The van der Waals surface area contributed by atoms with Crippen molar-refractivity contribution in [2.75, 3.05) is 19.7 Å². The highest BCUT2D eigenvalue weighted by atomic mass is 16.6. The molecule has 43 heavy (non-hydrogen) atoms. The van der Waals surface area contributed by atoms with E-state index < -0.39 is 47.5 Å². The van der Waals surface area contributed by atoms with Gasteiger partial charge in [0, 0.05) is 19.5 Å². The van der Waals surface area contributed by atoms with Crippen LogP contribution in [0.25, 0.3) is 0 Å². The highest BCUT2D eigenvalue weighted by molar-refractivity contribution is 5.92. The van der Waals surface area contributed by atoms with Gasteiger partial charge in [-0.15, -0.1) is 0 Å². The number of nitrogens with two attached hydrogens (primary N) is 1. The Morgan fingerprint density at radius 2 is 1.56 bits per heavy atom. The smallest absolute Gasteiger partial charge is 0.408 e. The summed E-state index contributed by atoms with van der Waals surface area (Å²) in [5, 5.41) is 5.38. The molecule has 0 aromatic heterocycles. The maximum Gasteiger partial charge on any atom is 0.408 e. The van der Waals surface area contributed by atoms with Crippen LogP contribution in [0.1, 0.15) is 110 Å². The lowest BCUT2D eigenvalue weighted by Gasteiger charge is -2.34. The van der Waals surface area contributed by atoms with Crippen molar-refractivity contribution in [2.45, 2.75) is 117 Å². The fourth-order valence-electron chi connectivity index (χ4n) is 4.46. The van der Waals surface area contributed by atoms with E-state index in [0.717, 1.165) is 37.7 Å². The van der Waals surface area contributed by atoms with E-state index in [4.69, 9.17) is 15.2 Å². The molecular formula is C32H52N4O7. The summed E-state index contributed by atoms with van der Waals surface area (Å²) >= 11 is 0. The monoisotopic (exact) mass is 604 g/mol. The van der Waals surface area contributed by atoms with Gasteiger partial charge >= 0.3 is 12.1 Å². The average molecular weight is 605 g/mol. The lowest BCUT2D eigenvalue weighted by atomic mass is 9.99. The molecule has 11 nitrogen and oxygen atoms in total. The number of hydrogen-bond donors (Lipinski definition) is 3. The minimum atomic E-state index is -1.16. The van der Waals surface area contributed by atoms with Crippen LogP contribution in [-0.4, -0.2) is 66.0 Å². The molecule has 0 aliphatic heterocycles. The van der Waals surface area contributed by atoms with Gasteiger partial charge in [-0.2, -0.15) is 0 Å². The number of carbonyl (C=O) groups is 5. The zero-order chi connectivity index (χ0) is 32.4. The molecule has 0 saturated carbocycles. The number of unbranched alkanes of at least 4 members (excludes halogenated alkanes) is 5. The third-order valence-electron chi connectivity index (χ3n) is 6.59. The number of primary amides is 1. The van der Waals surface area contributed by atoms with Crippen molar-refractivity contribution >= 4 is 29.8 Å². The van der Waals surface area contributed by atoms with E-state index in [1.807, 2.05) is 19.1 Å². The number of aryl methyl sites for hydroxylation is 1. The summed E-state index contributed by atoms with van der Waals surface area (Å²) in [5.74, 6) is -2.08. The summed E-state index contributed by atoms with van der Waals surface area (Å²) in [4.78, 5) is 65.7. The van der Waals surface area contributed by atoms with Crippen LogP contribution in [0, 0.1) is 6.92 Å². The van der Waals surface area contributed by atoms with Crippen LogP contribution in [-0.2, 0) is 28.7 Å². The van der Waals surface area contributed by atoms with E-state index in [2.05, 4.69) is 17.6 Å². The van der Waals surface area contributed by atoms with Gasteiger partial charge < -0.3 is 30.7 Å². The van der Waals surface area contributed by atoms with Gasteiger partial charge in [0.05, 0.1) is 13.0 Å². The molecule has 1 aromatic rings. The van der Waals surface area contributed by atoms with Crippen LogP contribution >= 0.6 is 0 Å². The Labute approximate surface area is 256 Å². The SMILES string of the molecule is CCCCCCCCN(C(=O)C(CCC(N)=O)NC(=O)OC(C)(C)C)C(C(=O)NCCC(=O)OCC)c1ccc(C)cc1. The predicted molar refractivity (Wildman–Crippen MR) is 165 cm³/mol. The third kappa shape index (κ3) is 15.4. The van der Waals surface area contributed by atoms with Crippen molar-refractivity contribution in [3.63, 3.8) is 0 Å². The predicted octanol–water partition coefficient (Wildman–Crippen LogP) is 4.45. The van der Waals surface area contributed by atoms with E-state index in [0.29, 0.717) is 12.0 Å². The van der Waals surface area contributed by atoms with E-state index in [-0.39, 0.29) is 39.0 Å². The first kappa shape index (κ1) is 37.4. The minimum absolute atomic E-state index is 0.0208. The van der Waals surface area contributed by atoms with Gasteiger partial charge in [0.15, 0.2) is 0 Å². The molecule has 0 spiro atoms. The van der Waals surface area contributed by atoms with Gasteiger partial charge in [0.25, 0.3) is 0 Å². The van der Waals surface area contributed by atoms with Crippen molar-refractivity contribution in [1.82, 2.24) is 15.5 Å². The molecule has 0 aliphatic rings. The number of carbonyl (C=O) groups excluding carboxylic acids is 5. The third-order valence-corrected chi connectivity index (χ3v) is 6.59. The molecule has 0 radical (unpaired) electrons. The Morgan fingerprint density at radius 1 is 0.930 bits per heavy atom. The minimum Gasteiger partial charge on any atom is -0.466 e. The van der Waals surface area contributed by atoms with Crippen molar-refractivity contribution in [1.29, 1.82) is 0 Å². The maximum atomic E-state index is 14.2. The molecule has 1 rings (SSSR count). The van der Waals surface area contributed by atoms with Crippen LogP contribution in [0.3, 0.4) is 0 Å². The molecule has 11 heteroatoms. The number of ether oxygens (including phenoxy) is 2. The molecule has 2 atom stereocenters. The van der Waals surface area contributed by atoms with Crippen molar-refractivity contribution < 1.29 is 33.4 Å². The summed E-state index contributed by atoms with van der Waals surface area (Å²) in [6.45, 7) is 11.4. The molecule has 2 unspecified atom stereocenters. The second kappa shape index (κ2) is 19.5. The Balaban J connectivity index is 3.43. The average Bonchev–Trinajstić information content (AvgIpc) is 2.91. The lowest BCUT2D eigenvalue weighted by Crippen LogP contribution is -2.53. The summed E-state index contributed by atoms with van der Waals surface area (Å²) in [5.41, 5.74) is 6.13. The second-order valence-electron chi connectivity index (χ2n) is 11.7. The van der Waals surface area contributed by atoms with Gasteiger partial charge in [-0.25, -0.2) is 4.79 Å². The van der Waals surface area contributed by atoms with Crippen LogP contribution in [0.4, 0.5) is 4.79 Å². The number of nitrogens with one attached hydrogen (secondary N) is 2. The highest BCUT2D eigenvalue weighted by Crippen LogP contribution is 2.25. The number of esters is 1. The standard InChI is InChI=1S/C32H52N4O7/c1-7-9-10-11-12-13-22-36(30(40)25(18-19-26(33)37)35-31(41)43-32(4,5)6)28(24-16-14-23(3)15-17-24)29(39)34-21-20-27(38)42-8-2/h14-17,25,28H,7-13,18-22H2,1-6H3,(H2,33,37)(H,34,39)(H,35,41). The number of alkyl carbamates (subject to hydrolysis) is 1. The molecule has 0 heterocycles. The van der Waals surface area contributed by atoms with Gasteiger partial charge in [0.1, 0.15) is 17.7 Å². The first-order valence-electron chi connectivity index (χ1n) is 15.4. The molecule has 4 amide bonds. The number of benzene rings is 1. The van der Waals surface area contributed by atoms with Crippen LogP contribution in [0.5, 0.6) is 0 Å². The highest BCUT2D eigenvalue weighted by Gasteiger charge is 2.36. The van der Waals surface area contributed by atoms with E-state index in [9.17, 15) is 24.0 Å². The van der Waals surface area contributed by atoms with Gasteiger partial charge in [-0.05, 0) is 53.0 Å². The fraction of sp³-hybridized carbons (Fsp3) is 0.656. The van der Waals surface area contributed by atoms with E-state index in [1.165, 1.54) is 4.90 Å². The molecule has 0 aliphatic carbocycles. The molecular weight excluding hydrogens is 552 g/mol. The van der Waals surface area contributed by atoms with Crippen molar-refractivity contribution in [3.8, 4) is 0 Å². The topological polar surface area (TPSA) is 157 Å². The van der Waals surface area contributed by atoms with Crippen molar-refractivity contribution in [2.24, 2.45) is 5.73 Å². The lowest BCUT2D eigenvalue weighted by molar-refractivity contribution is -0.144. The normalized spacial score (nSPS) is 12.5. The number of hydrogen-bond acceptors (Lipinski definition) is 7. The first-order valence-corrected chi connectivity index (χ1v) is 15.4. The van der Waals surface area contributed by atoms with Crippen LogP contribution < -0.4 is 16.4 Å². The van der Waals surface area contributed by atoms with Crippen LogP contribution in [0.15, 0.2) is 24.3 Å². The van der Waals surface area contributed by atoms with Crippen LogP contribution in [0.2, 0.25) is 0 Å². The zero-order valence-electron chi connectivity index (χ0n) is 26.8. The van der Waals surface area contributed by atoms with Gasteiger partial charge in [-0.3, -0.25) is 19.2 Å². The zero-order valence-corrected chi connectivity index (χ0v) is 26.8. The number of rotatable bonds is 19. The molecule has 1 aromatic carbocycles. The molecule has 242 valence electrons. The first-order chi connectivity index (χ1) is 20.3. The second-order valence-corrected chi connectivity index (χ2v) is 11.7. The summed E-state index contributed by atoms with van der Waals surface area (Å²) in [6, 6.07) is 5.06. The van der Waals surface area contributed by atoms with Gasteiger partial charge in [0.2, 0.25) is 17.7 Å². The Bertz CT molecular complexity index is 1040. The fourth-order valence-corrected chi connectivity index (χ4v) is 4.46. The van der Waals surface area contributed by atoms with Crippen molar-refractivity contribution in [3.05, 3.63) is 35.4 Å². The largest absolute Gasteiger partial charge is 0.466 e. The van der Waals surface area contributed by atoms with E-state index in [1.54, 1.807) is 39.8 Å². The molecule has 0 fully saturated rings. The summed E-state index contributed by atoms with van der Waals surface area (Å²) < 4.78 is 10.3. The molecule has 4 N–H and O–H groups in total. The Hall–Kier alpha value is -3.63. The van der Waals surface area contributed by atoms with E-state index >= 15 is 0 Å². The maximum absolute atomic E-state index is 14.2. The summed E-state index contributed by atoms with van der Waals surface area (Å²) in [6.07, 6.45) is 4.69. The summed E-state index contributed by atoms with van der Waals surface area (Å²) in [7, 11) is 0. The number of nitrogens with zero attached hydrogens (tertiary/aromatic N) is 1. The van der Waals surface area contributed by atoms with Gasteiger partial charge in [-0.1, -0.05) is 68.9 Å². The Kier molecular flexibility index (Phi) is 17.0. The Morgan fingerprint density at radius 3 is 2.14 bits per heavy atom. The molecule has 0 saturated heterocycles.